The zero-order valence-electron chi connectivity index (χ0n) is 38.7. The molecule has 0 spiro atoms. The summed E-state index contributed by atoms with van der Waals surface area (Å²) in [5, 5.41) is 179. The first-order chi connectivity index (χ1) is 34.8. The van der Waals surface area contributed by atoms with Gasteiger partial charge in [0, 0.05) is 0 Å². The van der Waals surface area contributed by atoms with Gasteiger partial charge in [0.05, 0.1) is 60.0 Å². The SMILES string of the molecule is COC(=O)C1COC[C@H]2O[C@@H]3O[C@H]4C(O)[C@@H](O)[C@H](O[C@@H]4CO)O[C@H]4C(O)[C@@H](O)[C@@H](O[C@H]5[C@H](O)[C@@H](O)[C@@H](O[C@@H]6C(CO)O[C@H](O[C@H]7[C@H](O)[C@@H](O)[C@@H](O[C@H]2[C@H](O)[C@H]3O)O[C@@H]7CO)[C@H](O)[C@H]6O)O[C@@H]5COC1)O[C@@H]4CO. The fourth-order valence-corrected chi connectivity index (χ4v) is 9.91. The number of aliphatic hydroxyl groups is 16. The number of hydrogen-bond donors (Lipinski definition) is 16. The van der Waals surface area contributed by atoms with Crippen LogP contribution in [-0.4, -0.2) is 332 Å². The van der Waals surface area contributed by atoms with E-state index in [2.05, 4.69) is 0 Å². The van der Waals surface area contributed by atoms with Crippen molar-refractivity contribution in [3.8, 4) is 0 Å². The Morgan fingerprint density at radius 3 is 0.822 bits per heavy atom. The number of esters is 1. The molecule has 0 aromatic rings. The third-order valence-electron chi connectivity index (χ3n) is 14.0. The van der Waals surface area contributed by atoms with Crippen molar-refractivity contribution in [2.45, 2.75) is 184 Å². The van der Waals surface area contributed by atoms with Gasteiger partial charge in [-0.05, 0) is 0 Å². The van der Waals surface area contributed by atoms with Gasteiger partial charge in [-0.3, -0.25) is 4.79 Å². The average molecular weight is 1070 g/mol. The molecular weight excluding hydrogens is 1000 g/mol. The summed E-state index contributed by atoms with van der Waals surface area (Å²) in [5.74, 6) is -2.29. The second-order valence-corrected chi connectivity index (χ2v) is 18.8. The number of methoxy groups -OCH3 is 1. The molecule has 12 bridgehead atoms. The number of aliphatic hydroxyl groups excluding tert-OH is 16. The second-order valence-electron chi connectivity index (χ2n) is 18.8. The highest BCUT2D eigenvalue weighted by Crippen LogP contribution is 2.38. The van der Waals surface area contributed by atoms with E-state index in [1.54, 1.807) is 0 Å². The van der Waals surface area contributed by atoms with Gasteiger partial charge in [-0.15, -0.1) is 0 Å². The van der Waals surface area contributed by atoms with Crippen LogP contribution >= 0.6 is 0 Å². The molecule has 0 aromatic heterocycles. The summed E-state index contributed by atoms with van der Waals surface area (Å²) < 4.78 is 86.9. The largest absolute Gasteiger partial charge is 0.469 e. The molecule has 0 amide bonds. The van der Waals surface area contributed by atoms with Gasteiger partial charge in [-0.2, -0.15) is 0 Å². The van der Waals surface area contributed by atoms with Crippen LogP contribution in [0.4, 0.5) is 0 Å². The van der Waals surface area contributed by atoms with Crippen molar-refractivity contribution in [3.63, 3.8) is 0 Å². The van der Waals surface area contributed by atoms with Crippen molar-refractivity contribution in [3.05, 3.63) is 0 Å². The van der Waals surface area contributed by atoms with Crippen molar-refractivity contribution < 1.29 is 158 Å². The molecular formula is C41H66O32. The Morgan fingerprint density at radius 2 is 0.575 bits per heavy atom. The summed E-state index contributed by atoms with van der Waals surface area (Å²) in [6.45, 7) is -6.62. The number of ether oxygens (including phenoxy) is 15. The van der Waals surface area contributed by atoms with Crippen molar-refractivity contribution >= 4 is 5.97 Å². The molecule has 12 heterocycles. The van der Waals surface area contributed by atoms with Crippen LogP contribution in [0, 0.1) is 5.92 Å². The molecule has 12 fully saturated rings. The van der Waals surface area contributed by atoms with Crippen LogP contribution in [0.15, 0.2) is 0 Å². The van der Waals surface area contributed by atoms with Gasteiger partial charge in [0.2, 0.25) is 0 Å². The first-order valence-electron chi connectivity index (χ1n) is 23.5. The Labute approximate surface area is 413 Å². The summed E-state index contributed by atoms with van der Waals surface area (Å²) in [6.07, 6.45) is -59.1. The van der Waals surface area contributed by atoms with Gasteiger partial charge in [0.25, 0.3) is 0 Å². The number of rotatable bonds is 5. The topological polar surface area (TPSA) is 479 Å². The number of hydrogen-bond acceptors (Lipinski definition) is 32. The second kappa shape index (κ2) is 24.5. The third kappa shape index (κ3) is 11.6. The summed E-state index contributed by atoms with van der Waals surface area (Å²) in [4.78, 5) is 13.2. The number of fused-ring (bicyclic) bond motifs is 4. The highest BCUT2D eigenvalue weighted by Gasteiger charge is 2.59. The van der Waals surface area contributed by atoms with Gasteiger partial charge in [-0.25, -0.2) is 0 Å². The van der Waals surface area contributed by atoms with E-state index in [0.29, 0.717) is 0 Å². The Balaban J connectivity index is 1.21. The molecule has 12 aliphatic heterocycles. The summed E-state index contributed by atoms with van der Waals surface area (Å²) in [7, 11) is 1.04. The van der Waals surface area contributed by atoms with Crippen LogP contribution in [0.1, 0.15) is 0 Å². The highest BCUT2D eigenvalue weighted by atomic mass is 16.8. The van der Waals surface area contributed by atoms with E-state index in [4.69, 9.17) is 71.1 Å². The van der Waals surface area contributed by atoms with Gasteiger partial charge in [-0.1, -0.05) is 0 Å². The molecule has 16 N–H and O–H groups in total. The number of carbonyl (C=O) groups excluding carboxylic acids is 1. The lowest BCUT2D eigenvalue weighted by molar-refractivity contribution is -0.404. The molecule has 32 heteroatoms. The zero-order valence-corrected chi connectivity index (χ0v) is 38.7. The normalized spacial score (nSPS) is 53.5. The minimum Gasteiger partial charge on any atom is -0.469 e. The van der Waals surface area contributed by atoms with Crippen LogP contribution in [0.5, 0.6) is 0 Å². The molecule has 0 radical (unpaired) electrons. The van der Waals surface area contributed by atoms with Crippen LogP contribution < -0.4 is 0 Å². The maximum atomic E-state index is 13.2. The maximum Gasteiger partial charge on any atom is 0.313 e. The quantitative estimate of drug-likeness (QED) is 0.114. The van der Waals surface area contributed by atoms with E-state index in [1.165, 1.54) is 0 Å². The van der Waals surface area contributed by atoms with Gasteiger partial charge >= 0.3 is 5.97 Å². The first-order valence-corrected chi connectivity index (χ1v) is 23.5. The Hall–Kier alpha value is -1.73. The van der Waals surface area contributed by atoms with E-state index in [0.717, 1.165) is 7.11 Å². The van der Waals surface area contributed by atoms with E-state index in [9.17, 15) is 86.5 Å². The molecule has 32 nitrogen and oxygen atoms in total. The molecule has 4 unspecified atom stereocenters. The Morgan fingerprint density at radius 1 is 0.342 bits per heavy atom. The molecule has 422 valence electrons. The summed E-state index contributed by atoms with van der Waals surface area (Å²) in [6, 6.07) is 0. The van der Waals surface area contributed by atoms with Crippen LogP contribution in [0.3, 0.4) is 0 Å². The smallest absolute Gasteiger partial charge is 0.313 e. The fraction of sp³-hybridized carbons (Fsp3) is 0.976. The van der Waals surface area contributed by atoms with Crippen molar-refractivity contribution in [2.75, 3.05) is 60.0 Å². The molecule has 0 aliphatic carbocycles. The van der Waals surface area contributed by atoms with Crippen LogP contribution in [0.2, 0.25) is 0 Å². The maximum absolute atomic E-state index is 13.2. The third-order valence-corrected chi connectivity index (χ3v) is 14.0. The Kier molecular flexibility index (Phi) is 19.3. The minimum absolute atomic E-state index is 0.598. The number of carbonyl (C=O) groups is 1. The van der Waals surface area contributed by atoms with E-state index in [1.807, 2.05) is 0 Å². The summed E-state index contributed by atoms with van der Waals surface area (Å²) >= 11 is 0. The van der Waals surface area contributed by atoms with Crippen LogP contribution in [0.25, 0.3) is 0 Å². The minimum atomic E-state index is -2.19. The molecule has 12 aliphatic rings. The van der Waals surface area contributed by atoms with Crippen LogP contribution in [-0.2, 0) is 75.8 Å². The van der Waals surface area contributed by atoms with Gasteiger partial charge in [0.1, 0.15) is 152 Å². The van der Waals surface area contributed by atoms with E-state index in [-0.39, 0.29) is 0 Å². The lowest BCUT2D eigenvalue weighted by atomic mass is 9.94. The Bertz CT molecular complexity index is 1630. The van der Waals surface area contributed by atoms with Crippen molar-refractivity contribution in [1.29, 1.82) is 0 Å². The monoisotopic (exact) mass is 1070 g/mol. The van der Waals surface area contributed by atoms with Gasteiger partial charge in [0.15, 0.2) is 37.7 Å². The molecule has 12 saturated heterocycles. The fourth-order valence-electron chi connectivity index (χ4n) is 9.91. The van der Waals surface area contributed by atoms with E-state index < -0.39 is 249 Å². The highest BCUT2D eigenvalue weighted by molar-refractivity contribution is 5.72. The lowest BCUT2D eigenvalue weighted by Crippen LogP contribution is -2.69. The first kappa shape index (κ1) is 57.4. The molecule has 73 heavy (non-hydrogen) atoms. The van der Waals surface area contributed by atoms with Crippen molar-refractivity contribution in [2.24, 2.45) is 5.92 Å². The van der Waals surface area contributed by atoms with Crippen molar-refractivity contribution in [1.82, 2.24) is 0 Å². The average Bonchev–Trinajstić information content (AvgIpc) is 3.38. The molecule has 12 rings (SSSR count). The standard InChI is InChI=1S/C41H66O32/c1-59-35(58)10-6-60-8-15-33-21(50)27(56)40(66-15)71-32-14(5-45)63-37(24(53)18(32)47)69-30-12(3-43)65-39(26(55)20(30)49)73-34-16(9-61-7-10)67-41(28(57)22(34)51)70-31-13(4-44)62-36(23(52)17(31)46)68-29-11(2-42)64-38(72-33)25(54)19(29)48/h10-34,36-57H,2-9H2,1H3/t10?,11-,12-,13-,14?,15-,16-,17?,18-,19?,20-,21-,22-,23-,24-,25-,26-,27-,28-,29-,30-,31-,32-,33-,34-,36-,37-,38-,39-,40-,41-/m1/s1. The molecule has 0 saturated carbocycles. The summed E-state index contributed by atoms with van der Waals surface area (Å²) in [5.41, 5.74) is 0. The zero-order chi connectivity index (χ0) is 52.7. The predicted molar refractivity (Wildman–Crippen MR) is 219 cm³/mol. The molecule has 31 atom stereocenters. The molecule has 0 aromatic carbocycles. The lowest BCUT2D eigenvalue weighted by Gasteiger charge is -2.50. The van der Waals surface area contributed by atoms with Gasteiger partial charge < -0.3 is 153 Å². The predicted octanol–water partition coefficient (Wildman–Crippen LogP) is -12.2. The van der Waals surface area contributed by atoms with E-state index >= 15 is 0 Å².